The molecule has 2 unspecified atom stereocenters. The highest BCUT2D eigenvalue weighted by molar-refractivity contribution is 5.22. The summed E-state index contributed by atoms with van der Waals surface area (Å²) in [5, 5.41) is 0. The molecule has 0 aromatic heterocycles. The van der Waals surface area contributed by atoms with Crippen LogP contribution in [-0.2, 0) is 0 Å². The fraction of sp³-hybridized carbons (Fsp3) is 0.600. The van der Waals surface area contributed by atoms with Gasteiger partial charge >= 0.3 is 0 Å². The number of benzene rings is 1. The smallest absolute Gasteiger partial charge is 0.128 e. The summed E-state index contributed by atoms with van der Waals surface area (Å²) in [6.07, 6.45) is 1.20. The van der Waals surface area contributed by atoms with E-state index in [0.717, 1.165) is 18.7 Å². The SMILES string of the molecule is CC(C)C1CCN(C(CN)c2ccccc2F)C1. The molecule has 2 N–H and O–H groups in total. The molecule has 0 saturated carbocycles. The van der Waals surface area contributed by atoms with E-state index < -0.39 is 0 Å². The molecule has 0 radical (unpaired) electrons. The Kier molecular flexibility index (Phi) is 4.36. The summed E-state index contributed by atoms with van der Waals surface area (Å²) in [7, 11) is 0. The molecule has 1 aromatic rings. The van der Waals surface area contributed by atoms with E-state index in [9.17, 15) is 4.39 Å². The van der Waals surface area contributed by atoms with Crippen LogP contribution in [0.25, 0.3) is 0 Å². The first-order chi connectivity index (χ1) is 8.63. The minimum atomic E-state index is -0.138. The Balaban J connectivity index is 2.13. The fourth-order valence-corrected chi connectivity index (χ4v) is 2.86. The van der Waals surface area contributed by atoms with Crippen molar-refractivity contribution in [2.45, 2.75) is 26.3 Å². The zero-order valence-electron chi connectivity index (χ0n) is 11.3. The third kappa shape index (κ3) is 2.73. The van der Waals surface area contributed by atoms with Crippen molar-refractivity contribution in [1.29, 1.82) is 0 Å². The monoisotopic (exact) mass is 250 g/mol. The van der Waals surface area contributed by atoms with Crippen molar-refractivity contribution < 1.29 is 4.39 Å². The zero-order valence-corrected chi connectivity index (χ0v) is 11.3. The Morgan fingerprint density at radius 3 is 2.67 bits per heavy atom. The van der Waals surface area contributed by atoms with E-state index in [1.165, 1.54) is 12.5 Å². The minimum absolute atomic E-state index is 0.0231. The number of hydrogen-bond donors (Lipinski definition) is 1. The minimum Gasteiger partial charge on any atom is -0.329 e. The molecule has 3 heteroatoms. The molecule has 0 aliphatic carbocycles. The fourth-order valence-electron chi connectivity index (χ4n) is 2.86. The Morgan fingerprint density at radius 2 is 2.11 bits per heavy atom. The predicted octanol–water partition coefficient (Wildman–Crippen LogP) is 2.80. The standard InChI is InChI=1S/C15H23FN2/c1-11(2)12-7-8-18(10-12)15(9-17)13-5-3-4-6-14(13)16/h3-6,11-12,15H,7-10,17H2,1-2H3. The van der Waals surface area contributed by atoms with Gasteiger partial charge in [0.05, 0.1) is 0 Å². The molecule has 1 aromatic carbocycles. The molecule has 2 rings (SSSR count). The first-order valence-corrected chi connectivity index (χ1v) is 6.82. The van der Waals surface area contributed by atoms with E-state index >= 15 is 0 Å². The predicted molar refractivity (Wildman–Crippen MR) is 72.7 cm³/mol. The lowest BCUT2D eigenvalue weighted by molar-refractivity contribution is 0.227. The molecular formula is C15H23FN2. The van der Waals surface area contributed by atoms with Gasteiger partial charge in [-0.3, -0.25) is 4.90 Å². The van der Waals surface area contributed by atoms with Crippen LogP contribution in [0.1, 0.15) is 31.9 Å². The first kappa shape index (κ1) is 13.5. The molecular weight excluding hydrogens is 227 g/mol. The molecule has 1 saturated heterocycles. The Bertz CT molecular complexity index is 392. The molecule has 1 aliphatic rings. The van der Waals surface area contributed by atoms with Gasteiger partial charge in [0.1, 0.15) is 5.82 Å². The maximum absolute atomic E-state index is 13.9. The van der Waals surface area contributed by atoms with Gasteiger partial charge in [-0.05, 0) is 30.9 Å². The highest BCUT2D eigenvalue weighted by atomic mass is 19.1. The van der Waals surface area contributed by atoms with Gasteiger partial charge in [0.15, 0.2) is 0 Å². The second-order valence-corrected chi connectivity index (χ2v) is 5.56. The maximum Gasteiger partial charge on any atom is 0.128 e. The Morgan fingerprint density at radius 1 is 1.39 bits per heavy atom. The van der Waals surface area contributed by atoms with E-state index in [2.05, 4.69) is 18.7 Å². The second kappa shape index (κ2) is 5.81. The highest BCUT2D eigenvalue weighted by Crippen LogP contribution is 2.31. The van der Waals surface area contributed by atoms with Crippen LogP contribution in [0.15, 0.2) is 24.3 Å². The van der Waals surface area contributed by atoms with Crippen LogP contribution in [0.2, 0.25) is 0 Å². The number of halogens is 1. The summed E-state index contributed by atoms with van der Waals surface area (Å²) in [4.78, 5) is 2.34. The Labute approximate surface area is 109 Å². The van der Waals surface area contributed by atoms with Gasteiger partial charge in [0.25, 0.3) is 0 Å². The maximum atomic E-state index is 13.9. The van der Waals surface area contributed by atoms with Crippen molar-refractivity contribution >= 4 is 0 Å². The molecule has 2 atom stereocenters. The van der Waals surface area contributed by atoms with Crippen LogP contribution < -0.4 is 5.73 Å². The van der Waals surface area contributed by atoms with E-state index in [4.69, 9.17) is 5.73 Å². The largest absolute Gasteiger partial charge is 0.329 e. The van der Waals surface area contributed by atoms with Crippen LogP contribution in [0.5, 0.6) is 0 Å². The molecule has 1 aliphatic heterocycles. The number of hydrogen-bond acceptors (Lipinski definition) is 2. The lowest BCUT2D eigenvalue weighted by Gasteiger charge is -2.28. The normalized spacial score (nSPS) is 22.6. The summed E-state index contributed by atoms with van der Waals surface area (Å²) in [5.74, 6) is 1.26. The van der Waals surface area contributed by atoms with Crippen LogP contribution >= 0.6 is 0 Å². The number of nitrogens with zero attached hydrogens (tertiary/aromatic N) is 1. The topological polar surface area (TPSA) is 29.3 Å². The lowest BCUT2D eigenvalue weighted by Crippen LogP contribution is -2.33. The molecule has 2 nitrogen and oxygen atoms in total. The lowest BCUT2D eigenvalue weighted by atomic mass is 9.95. The van der Waals surface area contributed by atoms with E-state index in [1.54, 1.807) is 6.07 Å². The molecule has 1 fully saturated rings. The van der Waals surface area contributed by atoms with Gasteiger partial charge in [-0.25, -0.2) is 4.39 Å². The summed E-state index contributed by atoms with van der Waals surface area (Å²) < 4.78 is 13.9. The molecule has 0 bridgehead atoms. The van der Waals surface area contributed by atoms with Crippen LogP contribution in [0, 0.1) is 17.7 Å². The van der Waals surface area contributed by atoms with Gasteiger partial charge in [0, 0.05) is 24.7 Å². The third-order valence-electron chi connectivity index (χ3n) is 4.13. The van der Waals surface area contributed by atoms with Crippen molar-refractivity contribution in [2.75, 3.05) is 19.6 Å². The summed E-state index contributed by atoms with van der Waals surface area (Å²) in [5.41, 5.74) is 6.61. The van der Waals surface area contributed by atoms with E-state index in [0.29, 0.717) is 18.4 Å². The Hall–Kier alpha value is -0.930. The third-order valence-corrected chi connectivity index (χ3v) is 4.13. The van der Waals surface area contributed by atoms with Gasteiger partial charge in [0.2, 0.25) is 0 Å². The van der Waals surface area contributed by atoms with Crippen LogP contribution in [-0.4, -0.2) is 24.5 Å². The molecule has 100 valence electrons. The van der Waals surface area contributed by atoms with Crippen molar-refractivity contribution in [1.82, 2.24) is 4.90 Å². The second-order valence-electron chi connectivity index (χ2n) is 5.56. The quantitative estimate of drug-likeness (QED) is 0.890. The molecule has 0 spiro atoms. The van der Waals surface area contributed by atoms with Gasteiger partial charge < -0.3 is 5.73 Å². The molecule has 0 amide bonds. The van der Waals surface area contributed by atoms with Crippen molar-refractivity contribution in [2.24, 2.45) is 17.6 Å². The van der Waals surface area contributed by atoms with Crippen LogP contribution in [0.3, 0.4) is 0 Å². The number of likely N-dealkylation sites (tertiary alicyclic amines) is 1. The van der Waals surface area contributed by atoms with Gasteiger partial charge in [-0.1, -0.05) is 32.0 Å². The summed E-state index contributed by atoms with van der Waals surface area (Å²) >= 11 is 0. The van der Waals surface area contributed by atoms with Gasteiger partial charge in [-0.15, -0.1) is 0 Å². The van der Waals surface area contributed by atoms with Gasteiger partial charge in [-0.2, -0.15) is 0 Å². The van der Waals surface area contributed by atoms with Crippen molar-refractivity contribution in [3.8, 4) is 0 Å². The number of nitrogens with two attached hydrogens (primary N) is 1. The number of rotatable bonds is 4. The van der Waals surface area contributed by atoms with Crippen LogP contribution in [0.4, 0.5) is 4.39 Å². The highest BCUT2D eigenvalue weighted by Gasteiger charge is 2.30. The van der Waals surface area contributed by atoms with Crippen molar-refractivity contribution in [3.63, 3.8) is 0 Å². The zero-order chi connectivity index (χ0) is 13.1. The molecule has 18 heavy (non-hydrogen) atoms. The van der Waals surface area contributed by atoms with E-state index in [-0.39, 0.29) is 11.9 Å². The summed E-state index contributed by atoms with van der Waals surface area (Å²) in [6, 6.07) is 7.02. The molecule has 1 heterocycles. The van der Waals surface area contributed by atoms with E-state index in [1.807, 2.05) is 12.1 Å². The first-order valence-electron chi connectivity index (χ1n) is 6.82. The summed E-state index contributed by atoms with van der Waals surface area (Å²) in [6.45, 7) is 7.06. The van der Waals surface area contributed by atoms with Crippen molar-refractivity contribution in [3.05, 3.63) is 35.6 Å². The average molecular weight is 250 g/mol. The average Bonchev–Trinajstić information content (AvgIpc) is 2.82.